The molecule has 0 saturated heterocycles. The second-order valence-electron chi connectivity index (χ2n) is 8.58. The van der Waals surface area contributed by atoms with Gasteiger partial charge in [-0.2, -0.15) is 0 Å². The van der Waals surface area contributed by atoms with Crippen LogP contribution in [-0.2, 0) is 5.75 Å². The number of hydrogen-bond acceptors (Lipinski definition) is 7. The number of nitrogens with zero attached hydrogens (tertiary/aromatic N) is 5. The molecule has 0 atom stereocenters. The highest BCUT2D eigenvalue weighted by Gasteiger charge is 2.22. The smallest absolute Gasteiger partial charge is 0.278 e. The number of aromatic nitrogens is 5. The van der Waals surface area contributed by atoms with E-state index in [4.69, 9.17) is 4.74 Å². The van der Waals surface area contributed by atoms with Crippen molar-refractivity contribution < 1.29 is 9.53 Å². The summed E-state index contributed by atoms with van der Waals surface area (Å²) in [6.45, 7) is 3.87. The normalized spacial score (nSPS) is 10.8. The lowest BCUT2D eigenvalue weighted by molar-refractivity contribution is 0.102. The summed E-state index contributed by atoms with van der Waals surface area (Å²) >= 11 is 1.43. The van der Waals surface area contributed by atoms with E-state index in [0.717, 1.165) is 34.0 Å². The van der Waals surface area contributed by atoms with Gasteiger partial charge in [0.05, 0.1) is 18.5 Å². The Hall–Kier alpha value is -4.50. The van der Waals surface area contributed by atoms with Gasteiger partial charge in [0.15, 0.2) is 10.9 Å². The van der Waals surface area contributed by atoms with E-state index in [-0.39, 0.29) is 11.6 Å². The summed E-state index contributed by atoms with van der Waals surface area (Å²) in [5, 5.41) is 12.3. The lowest BCUT2D eigenvalue weighted by Crippen LogP contribution is -2.16. The quantitative estimate of drug-likeness (QED) is 0.200. The molecule has 190 valence electrons. The van der Waals surface area contributed by atoms with Crippen molar-refractivity contribution in [3.05, 3.63) is 108 Å². The van der Waals surface area contributed by atoms with Crippen LogP contribution in [0.5, 0.6) is 5.75 Å². The number of hydrogen-bond donors (Lipinski definition) is 1. The van der Waals surface area contributed by atoms with Crippen LogP contribution in [0.4, 0.5) is 5.69 Å². The van der Waals surface area contributed by atoms with Gasteiger partial charge in [0.1, 0.15) is 5.75 Å². The van der Waals surface area contributed by atoms with E-state index < -0.39 is 0 Å². The molecule has 5 rings (SSSR count). The maximum absolute atomic E-state index is 13.6. The lowest BCUT2D eigenvalue weighted by Gasteiger charge is -2.12. The summed E-state index contributed by atoms with van der Waals surface area (Å²) in [7, 11) is 1.62. The molecule has 0 spiro atoms. The molecule has 2 heterocycles. The maximum atomic E-state index is 13.6. The van der Waals surface area contributed by atoms with Crippen molar-refractivity contribution in [1.29, 1.82) is 0 Å². The maximum Gasteiger partial charge on any atom is 0.278 e. The molecule has 8 nitrogen and oxygen atoms in total. The second kappa shape index (κ2) is 11.3. The van der Waals surface area contributed by atoms with Gasteiger partial charge in [-0.25, -0.2) is 14.6 Å². The van der Waals surface area contributed by atoms with Crippen molar-refractivity contribution in [2.24, 2.45) is 0 Å². The predicted octanol–water partition coefficient (Wildman–Crippen LogP) is 5.89. The zero-order valence-corrected chi connectivity index (χ0v) is 22.1. The molecule has 0 bridgehead atoms. The van der Waals surface area contributed by atoms with E-state index in [0.29, 0.717) is 22.3 Å². The SMILES string of the molecule is COc1ccc(-n2nnc(C(=O)Nc3ccccc3-c3ccccc3)c2CSc2nc(C)cc(C)n2)cc1. The van der Waals surface area contributed by atoms with Crippen LogP contribution in [-0.4, -0.2) is 38.0 Å². The lowest BCUT2D eigenvalue weighted by atomic mass is 10.0. The fourth-order valence-corrected chi connectivity index (χ4v) is 5.01. The fourth-order valence-electron chi connectivity index (χ4n) is 4.07. The molecule has 0 radical (unpaired) electrons. The van der Waals surface area contributed by atoms with Gasteiger partial charge in [0.25, 0.3) is 5.91 Å². The van der Waals surface area contributed by atoms with Crippen molar-refractivity contribution in [1.82, 2.24) is 25.0 Å². The Balaban J connectivity index is 1.49. The molecular weight excluding hydrogens is 496 g/mol. The second-order valence-corrected chi connectivity index (χ2v) is 9.52. The van der Waals surface area contributed by atoms with Crippen molar-refractivity contribution in [3.8, 4) is 22.6 Å². The topological polar surface area (TPSA) is 94.8 Å². The van der Waals surface area contributed by atoms with Crippen LogP contribution < -0.4 is 10.1 Å². The number of methoxy groups -OCH3 is 1. The number of ether oxygens (including phenoxy) is 1. The Morgan fingerprint density at radius 3 is 2.32 bits per heavy atom. The summed E-state index contributed by atoms with van der Waals surface area (Å²) in [5.74, 6) is 0.777. The molecule has 0 unspecified atom stereocenters. The van der Waals surface area contributed by atoms with E-state index in [1.165, 1.54) is 11.8 Å². The van der Waals surface area contributed by atoms with Crippen molar-refractivity contribution in [3.63, 3.8) is 0 Å². The third-order valence-corrected chi connectivity index (χ3v) is 6.71. The number of anilines is 1. The van der Waals surface area contributed by atoms with Gasteiger partial charge in [0, 0.05) is 28.4 Å². The molecule has 0 aliphatic heterocycles. The number of benzene rings is 3. The van der Waals surface area contributed by atoms with E-state index in [9.17, 15) is 4.79 Å². The highest BCUT2D eigenvalue weighted by atomic mass is 32.2. The largest absolute Gasteiger partial charge is 0.497 e. The summed E-state index contributed by atoms with van der Waals surface area (Å²) < 4.78 is 6.96. The highest BCUT2D eigenvalue weighted by Crippen LogP contribution is 2.29. The average molecular weight is 523 g/mol. The molecule has 38 heavy (non-hydrogen) atoms. The molecule has 5 aromatic rings. The van der Waals surface area contributed by atoms with Crippen LogP contribution in [0.3, 0.4) is 0 Å². The number of aryl methyl sites for hydroxylation is 2. The van der Waals surface area contributed by atoms with Gasteiger partial charge in [0.2, 0.25) is 0 Å². The summed E-state index contributed by atoms with van der Waals surface area (Å²) in [6, 6.07) is 27.0. The summed E-state index contributed by atoms with van der Waals surface area (Å²) in [4.78, 5) is 22.7. The van der Waals surface area contributed by atoms with Gasteiger partial charge in [-0.1, -0.05) is 65.5 Å². The Morgan fingerprint density at radius 1 is 0.921 bits per heavy atom. The number of amides is 1. The molecule has 1 N–H and O–H groups in total. The van der Waals surface area contributed by atoms with Gasteiger partial charge in [-0.15, -0.1) is 5.10 Å². The van der Waals surface area contributed by atoms with Crippen LogP contribution >= 0.6 is 11.8 Å². The number of rotatable bonds is 8. The molecule has 0 aliphatic carbocycles. The van der Waals surface area contributed by atoms with E-state index >= 15 is 0 Å². The Morgan fingerprint density at radius 2 is 1.61 bits per heavy atom. The van der Waals surface area contributed by atoms with Crippen molar-refractivity contribution >= 4 is 23.4 Å². The average Bonchev–Trinajstić information content (AvgIpc) is 3.36. The van der Waals surface area contributed by atoms with E-state index in [1.54, 1.807) is 11.8 Å². The first kappa shape index (κ1) is 25.2. The number of carbonyl (C=O) groups excluding carboxylic acids is 1. The van der Waals surface area contributed by atoms with Gasteiger partial charge >= 0.3 is 0 Å². The van der Waals surface area contributed by atoms with Crippen LogP contribution in [0.25, 0.3) is 16.8 Å². The van der Waals surface area contributed by atoms with Gasteiger partial charge in [-0.3, -0.25) is 4.79 Å². The first-order valence-electron chi connectivity index (χ1n) is 12.0. The molecule has 9 heteroatoms. The van der Waals surface area contributed by atoms with Crippen LogP contribution in [0, 0.1) is 13.8 Å². The minimum absolute atomic E-state index is 0.237. The van der Waals surface area contributed by atoms with Crippen LogP contribution in [0.15, 0.2) is 90.1 Å². The minimum Gasteiger partial charge on any atom is -0.497 e. The molecule has 2 aromatic heterocycles. The fraction of sp³-hybridized carbons (Fsp3) is 0.138. The molecule has 0 saturated carbocycles. The van der Waals surface area contributed by atoms with E-state index in [1.807, 2.05) is 98.8 Å². The Bertz CT molecular complexity index is 1550. The van der Waals surface area contributed by atoms with Gasteiger partial charge in [-0.05, 0) is 55.8 Å². The van der Waals surface area contributed by atoms with Gasteiger partial charge < -0.3 is 10.1 Å². The third-order valence-electron chi connectivity index (χ3n) is 5.86. The standard InChI is InChI=1S/C29H26N6O2S/c1-19-17-20(2)31-29(30-19)38-18-26-27(33-34-35(26)22-13-15-23(37-3)16-14-22)28(36)32-25-12-8-7-11-24(25)21-9-5-4-6-10-21/h4-17H,18H2,1-3H3,(H,32,36). The molecule has 1 amide bonds. The molecule has 3 aromatic carbocycles. The molecular formula is C29H26N6O2S. The highest BCUT2D eigenvalue weighted by molar-refractivity contribution is 7.98. The Labute approximate surface area is 225 Å². The minimum atomic E-state index is -0.343. The monoisotopic (exact) mass is 522 g/mol. The summed E-state index contributed by atoms with van der Waals surface area (Å²) in [5.41, 5.74) is 6.03. The third kappa shape index (κ3) is 5.57. The summed E-state index contributed by atoms with van der Waals surface area (Å²) in [6.07, 6.45) is 0. The zero-order chi connectivity index (χ0) is 26.5. The van der Waals surface area contributed by atoms with Crippen molar-refractivity contribution in [2.45, 2.75) is 24.8 Å². The van der Waals surface area contributed by atoms with Crippen LogP contribution in [0.1, 0.15) is 27.6 Å². The number of nitrogens with one attached hydrogen (secondary N) is 1. The van der Waals surface area contributed by atoms with Crippen molar-refractivity contribution in [2.75, 3.05) is 12.4 Å². The first-order valence-corrected chi connectivity index (χ1v) is 13.0. The van der Waals surface area contributed by atoms with E-state index in [2.05, 4.69) is 25.6 Å². The van der Waals surface area contributed by atoms with Crippen LogP contribution in [0.2, 0.25) is 0 Å². The zero-order valence-electron chi connectivity index (χ0n) is 21.3. The first-order chi connectivity index (χ1) is 18.5. The Kier molecular flexibility index (Phi) is 7.46. The number of thioether (sulfide) groups is 1. The molecule has 0 fully saturated rings. The number of para-hydroxylation sites is 1. The molecule has 0 aliphatic rings. The predicted molar refractivity (Wildman–Crippen MR) is 149 cm³/mol. The number of carbonyl (C=O) groups is 1.